The third kappa shape index (κ3) is 31.3. The molecule has 0 bridgehead atoms. The van der Waals surface area contributed by atoms with Crippen molar-refractivity contribution in [3.63, 3.8) is 0 Å². The average molecular weight is 396 g/mol. The molecule has 0 aliphatic carbocycles. The number of halogens is 7. The topological polar surface area (TPSA) is 0 Å². The third-order valence-corrected chi connectivity index (χ3v) is 3.91. The van der Waals surface area contributed by atoms with Crippen LogP contribution in [-0.2, 0) is 0 Å². The summed E-state index contributed by atoms with van der Waals surface area (Å²) < 4.78 is 81.5. The van der Waals surface area contributed by atoms with Gasteiger partial charge in [0.25, 0.3) is 0 Å². The second-order valence-corrected chi connectivity index (χ2v) is 6.66. The van der Waals surface area contributed by atoms with E-state index in [0.717, 1.165) is 12.8 Å². The lowest BCUT2D eigenvalue weighted by molar-refractivity contribution is -0.135. The van der Waals surface area contributed by atoms with Gasteiger partial charge in [-0.05, 0) is 19.3 Å². The molecule has 0 N–H and O–H groups in total. The van der Waals surface area contributed by atoms with E-state index in [9.17, 15) is 30.7 Å². The van der Waals surface area contributed by atoms with Gasteiger partial charge in [-0.2, -0.15) is 26.3 Å². The molecule has 0 rings (SSSR count). The van der Waals surface area contributed by atoms with E-state index in [4.69, 9.17) is 0 Å². The molecule has 0 radical (unpaired) electrons. The van der Waals surface area contributed by atoms with Crippen LogP contribution >= 0.6 is 0 Å². The first-order chi connectivity index (χ1) is 12.1. The number of rotatable bonds is 14. The summed E-state index contributed by atoms with van der Waals surface area (Å²) in [7, 11) is 0. The summed E-state index contributed by atoms with van der Waals surface area (Å²) in [6.45, 7) is 2.10. The Labute approximate surface area is 153 Å². The highest BCUT2D eigenvalue weighted by atomic mass is 19.4. The Balaban J connectivity index is 0. The van der Waals surface area contributed by atoms with Crippen LogP contribution in [0.3, 0.4) is 0 Å². The minimum atomic E-state index is -4.15. The summed E-state index contributed by atoms with van der Waals surface area (Å²) in [5.41, 5.74) is 0. The van der Waals surface area contributed by atoms with Gasteiger partial charge in [-0.15, -0.1) is 0 Å². The molecule has 0 amide bonds. The molecule has 0 saturated carbocycles. The lowest BCUT2D eigenvalue weighted by atomic mass is 10.1. The number of alkyl halides is 7. The minimum absolute atomic E-state index is 0.00944. The van der Waals surface area contributed by atoms with Crippen LogP contribution in [0.15, 0.2) is 0 Å². The maximum absolute atomic E-state index is 11.6. The molecule has 0 nitrogen and oxygen atoms in total. The van der Waals surface area contributed by atoms with Crippen molar-refractivity contribution in [1.29, 1.82) is 0 Å². The first-order valence-corrected chi connectivity index (χ1v) is 9.82. The van der Waals surface area contributed by atoms with Crippen molar-refractivity contribution in [2.45, 2.75) is 116 Å². The molecule has 160 valence electrons. The van der Waals surface area contributed by atoms with E-state index in [2.05, 4.69) is 6.92 Å². The predicted molar refractivity (Wildman–Crippen MR) is 93.0 cm³/mol. The van der Waals surface area contributed by atoms with Gasteiger partial charge in [0.05, 0.1) is 6.67 Å². The summed E-state index contributed by atoms with van der Waals surface area (Å²) in [6, 6.07) is 0. The number of hydrogen-bond donors (Lipinski definition) is 0. The van der Waals surface area contributed by atoms with Crippen molar-refractivity contribution >= 4 is 0 Å². The second-order valence-electron chi connectivity index (χ2n) is 6.66. The first kappa shape index (κ1) is 27.7. The molecular formula is C19H35F7. The molecule has 0 aromatic rings. The molecule has 0 spiro atoms. The Hall–Kier alpha value is -0.490. The summed E-state index contributed by atoms with van der Waals surface area (Å²) >= 11 is 0. The third-order valence-electron chi connectivity index (χ3n) is 3.91. The van der Waals surface area contributed by atoms with E-state index in [0.29, 0.717) is 19.3 Å². The zero-order valence-corrected chi connectivity index (χ0v) is 16.0. The van der Waals surface area contributed by atoms with Crippen LogP contribution in [-0.4, -0.2) is 19.0 Å². The van der Waals surface area contributed by atoms with Gasteiger partial charge in [-0.3, -0.25) is 4.39 Å². The summed E-state index contributed by atoms with van der Waals surface area (Å²) in [4.78, 5) is 0. The Kier molecular flexibility index (Phi) is 19.1. The molecule has 0 fully saturated rings. The molecule has 0 aliphatic rings. The lowest BCUT2D eigenvalue weighted by Gasteiger charge is -2.06. The average Bonchev–Trinajstić information content (AvgIpc) is 2.52. The standard InChI is InChI=1S/C10H21F.C9H14F6/c1-2-3-4-5-6-7-8-9-10-11;10-8(11,12)6-4-2-1-3-5-7-9(13,14)15/h2-10H2,1H3;1-7H2. The van der Waals surface area contributed by atoms with Crippen LogP contribution < -0.4 is 0 Å². The molecule has 0 aromatic heterocycles. The number of unbranched alkanes of at least 4 members (excludes halogenated alkanes) is 11. The van der Waals surface area contributed by atoms with Crippen LogP contribution in [0.1, 0.15) is 103 Å². The molecular weight excluding hydrogens is 361 g/mol. The fourth-order valence-corrected chi connectivity index (χ4v) is 2.41. The van der Waals surface area contributed by atoms with E-state index in [1.165, 1.54) is 38.5 Å². The van der Waals surface area contributed by atoms with Gasteiger partial charge in [0, 0.05) is 12.8 Å². The van der Waals surface area contributed by atoms with Crippen molar-refractivity contribution in [1.82, 2.24) is 0 Å². The van der Waals surface area contributed by atoms with Gasteiger partial charge in [-0.1, -0.05) is 71.1 Å². The maximum atomic E-state index is 11.6. The summed E-state index contributed by atoms with van der Waals surface area (Å²) in [6.07, 6.45) is 0.951. The Bertz CT molecular complexity index is 246. The molecule has 0 atom stereocenters. The molecule has 7 heteroatoms. The van der Waals surface area contributed by atoms with Gasteiger partial charge >= 0.3 is 12.4 Å². The Morgan fingerprint density at radius 3 is 1.08 bits per heavy atom. The van der Waals surface area contributed by atoms with Crippen molar-refractivity contribution in [2.75, 3.05) is 6.67 Å². The normalized spacial score (nSPS) is 12.0. The zero-order valence-electron chi connectivity index (χ0n) is 16.0. The second kappa shape index (κ2) is 17.9. The quantitative estimate of drug-likeness (QED) is 0.203. The van der Waals surface area contributed by atoms with E-state index in [1.54, 1.807) is 0 Å². The van der Waals surface area contributed by atoms with E-state index in [1.807, 2.05) is 0 Å². The highest BCUT2D eigenvalue weighted by Crippen LogP contribution is 2.25. The molecule has 0 unspecified atom stereocenters. The van der Waals surface area contributed by atoms with Gasteiger partial charge in [0.15, 0.2) is 0 Å². The van der Waals surface area contributed by atoms with Gasteiger partial charge in [-0.25, -0.2) is 0 Å². The first-order valence-electron chi connectivity index (χ1n) is 9.82. The highest BCUT2D eigenvalue weighted by molar-refractivity contribution is 4.54. The minimum Gasteiger partial charge on any atom is -0.251 e. The van der Waals surface area contributed by atoms with Crippen molar-refractivity contribution in [3.05, 3.63) is 0 Å². The van der Waals surface area contributed by atoms with Gasteiger partial charge in [0.1, 0.15) is 0 Å². The van der Waals surface area contributed by atoms with E-state index >= 15 is 0 Å². The van der Waals surface area contributed by atoms with Gasteiger partial charge in [0.2, 0.25) is 0 Å². The molecule has 0 saturated heterocycles. The highest BCUT2D eigenvalue weighted by Gasteiger charge is 2.26. The molecule has 0 aliphatic heterocycles. The monoisotopic (exact) mass is 396 g/mol. The number of hydrogen-bond acceptors (Lipinski definition) is 0. The fraction of sp³-hybridized carbons (Fsp3) is 1.00. The van der Waals surface area contributed by atoms with E-state index in [-0.39, 0.29) is 19.5 Å². The van der Waals surface area contributed by atoms with Crippen molar-refractivity contribution in [3.8, 4) is 0 Å². The van der Waals surface area contributed by atoms with Crippen LogP contribution in [0.2, 0.25) is 0 Å². The van der Waals surface area contributed by atoms with E-state index < -0.39 is 25.2 Å². The van der Waals surface area contributed by atoms with Crippen molar-refractivity contribution in [2.24, 2.45) is 0 Å². The maximum Gasteiger partial charge on any atom is 0.389 e. The fourth-order valence-electron chi connectivity index (χ4n) is 2.41. The van der Waals surface area contributed by atoms with Crippen LogP contribution in [0, 0.1) is 0 Å². The Morgan fingerprint density at radius 1 is 0.462 bits per heavy atom. The lowest BCUT2D eigenvalue weighted by Crippen LogP contribution is -2.07. The molecule has 26 heavy (non-hydrogen) atoms. The van der Waals surface area contributed by atoms with Crippen LogP contribution in [0.25, 0.3) is 0 Å². The van der Waals surface area contributed by atoms with Crippen molar-refractivity contribution < 1.29 is 30.7 Å². The summed E-state index contributed by atoms with van der Waals surface area (Å²) in [5.74, 6) is 0. The predicted octanol–water partition coefficient (Wildman–Crippen LogP) is 8.94. The molecule has 0 heterocycles. The zero-order chi connectivity index (χ0) is 20.3. The molecule has 0 aromatic carbocycles. The largest absolute Gasteiger partial charge is 0.389 e. The van der Waals surface area contributed by atoms with Crippen LogP contribution in [0.4, 0.5) is 30.7 Å². The van der Waals surface area contributed by atoms with Gasteiger partial charge < -0.3 is 0 Å². The summed E-state index contributed by atoms with van der Waals surface area (Å²) in [5, 5.41) is 0. The smallest absolute Gasteiger partial charge is 0.251 e. The van der Waals surface area contributed by atoms with Crippen LogP contribution in [0.5, 0.6) is 0 Å². The SMILES string of the molecule is CCCCCCCCCCF.FC(F)(F)CCCCCCCC(F)(F)F. The Morgan fingerprint density at radius 2 is 0.769 bits per heavy atom.